The molecular weight excluding hydrogens is 489 g/mol. The molecule has 0 unspecified atom stereocenters. The molecule has 1 aliphatic carbocycles. The Morgan fingerprint density at radius 3 is 2.63 bits per heavy atom. The van der Waals surface area contributed by atoms with Gasteiger partial charge in [-0.3, -0.25) is 4.72 Å². The molecule has 1 aliphatic rings. The van der Waals surface area contributed by atoms with Gasteiger partial charge in [-0.15, -0.1) is 0 Å². The maximum Gasteiger partial charge on any atom is 0.266 e. The van der Waals surface area contributed by atoms with E-state index < -0.39 is 20.7 Å². The van der Waals surface area contributed by atoms with E-state index in [1.54, 1.807) is 0 Å². The lowest BCUT2D eigenvalue weighted by Gasteiger charge is -2.41. The lowest BCUT2D eigenvalue weighted by atomic mass is 9.78. The zero-order chi connectivity index (χ0) is 25.2. The highest BCUT2D eigenvalue weighted by Crippen LogP contribution is 2.38. The normalized spacial score (nSPS) is 20.6. The molecule has 35 heavy (non-hydrogen) atoms. The molecule has 2 N–H and O–H groups in total. The van der Waals surface area contributed by atoms with Crippen molar-refractivity contribution in [3.8, 4) is 0 Å². The third-order valence-electron chi connectivity index (χ3n) is 6.47. The second kappa shape index (κ2) is 10.5. The minimum atomic E-state index is -4.22. The lowest BCUT2D eigenvalue weighted by molar-refractivity contribution is 0.196. The van der Waals surface area contributed by atoms with Crippen LogP contribution in [0.4, 0.5) is 15.9 Å². The highest BCUT2D eigenvalue weighted by atomic mass is 35.5. The molecular formula is C25H29ClFN5O2S. The van der Waals surface area contributed by atoms with Crippen LogP contribution in [0.2, 0.25) is 5.02 Å². The molecule has 3 atom stereocenters. The van der Waals surface area contributed by atoms with E-state index in [0.717, 1.165) is 31.4 Å². The van der Waals surface area contributed by atoms with Crippen molar-refractivity contribution in [1.29, 1.82) is 0 Å². The molecule has 1 aromatic heterocycles. The van der Waals surface area contributed by atoms with Crippen LogP contribution in [0.5, 0.6) is 0 Å². The molecule has 0 radical (unpaired) electrons. The molecule has 0 bridgehead atoms. The third kappa shape index (κ3) is 5.91. The molecule has 2 aromatic carbocycles. The van der Waals surface area contributed by atoms with Gasteiger partial charge in [-0.1, -0.05) is 41.4 Å². The fourth-order valence-corrected chi connectivity index (χ4v) is 6.08. The van der Waals surface area contributed by atoms with Crippen LogP contribution in [0.3, 0.4) is 0 Å². The van der Waals surface area contributed by atoms with Crippen molar-refractivity contribution >= 4 is 33.1 Å². The van der Waals surface area contributed by atoms with Crippen molar-refractivity contribution in [2.24, 2.45) is 0 Å². The number of likely N-dealkylation sites (N-methyl/N-ethyl adjacent to an activating group) is 1. The first kappa shape index (κ1) is 25.3. The minimum absolute atomic E-state index is 0.0320. The monoisotopic (exact) mass is 517 g/mol. The fraction of sp³-hybridized carbons (Fsp3) is 0.360. The zero-order valence-corrected chi connectivity index (χ0v) is 21.4. The Balaban J connectivity index is 1.53. The standard InChI is InChI=1S/C25H29ClFN5O2S/c1-16-5-4-6-17(11-16)18-7-8-21(23(12-18)32(2)3)30-22-14-20(27)24(13-19(22)26)35(33,34)31-25-9-10-28-15-29-25/h4-6,9-11,13-15,18,21,23,30H,7-8,12H2,1-3H3,(H,28,29,31)/t18-,21-,23-/m0/s1. The van der Waals surface area contributed by atoms with E-state index in [4.69, 9.17) is 11.6 Å². The van der Waals surface area contributed by atoms with Crippen LogP contribution in [-0.2, 0) is 10.0 Å². The van der Waals surface area contributed by atoms with Gasteiger partial charge >= 0.3 is 0 Å². The Morgan fingerprint density at radius 2 is 1.94 bits per heavy atom. The van der Waals surface area contributed by atoms with E-state index in [1.807, 2.05) is 14.1 Å². The number of halogens is 2. The van der Waals surface area contributed by atoms with Crippen LogP contribution in [0.1, 0.15) is 36.3 Å². The average molecular weight is 518 g/mol. The highest BCUT2D eigenvalue weighted by molar-refractivity contribution is 7.92. The van der Waals surface area contributed by atoms with Gasteiger partial charge in [0.25, 0.3) is 10.0 Å². The summed E-state index contributed by atoms with van der Waals surface area (Å²) >= 11 is 6.44. The zero-order valence-electron chi connectivity index (χ0n) is 19.9. The quantitative estimate of drug-likeness (QED) is 0.455. The third-order valence-corrected chi connectivity index (χ3v) is 8.15. The van der Waals surface area contributed by atoms with Crippen LogP contribution >= 0.6 is 11.6 Å². The highest BCUT2D eigenvalue weighted by Gasteiger charge is 2.33. The predicted molar refractivity (Wildman–Crippen MR) is 137 cm³/mol. The van der Waals surface area contributed by atoms with Crippen LogP contribution in [0, 0.1) is 12.7 Å². The van der Waals surface area contributed by atoms with Crippen molar-refractivity contribution in [2.75, 3.05) is 24.1 Å². The number of hydrogen-bond acceptors (Lipinski definition) is 6. The summed E-state index contributed by atoms with van der Waals surface area (Å²) in [5, 5.41) is 3.52. The second-order valence-electron chi connectivity index (χ2n) is 9.17. The molecule has 1 fully saturated rings. The van der Waals surface area contributed by atoms with Gasteiger partial charge in [-0.2, -0.15) is 0 Å². The predicted octanol–water partition coefficient (Wildman–Crippen LogP) is 5.06. The molecule has 7 nitrogen and oxygen atoms in total. The molecule has 0 aliphatic heterocycles. The van der Waals surface area contributed by atoms with Crippen molar-refractivity contribution < 1.29 is 12.8 Å². The fourth-order valence-electron chi connectivity index (χ4n) is 4.70. The largest absolute Gasteiger partial charge is 0.379 e. The summed E-state index contributed by atoms with van der Waals surface area (Å²) in [7, 11) is -0.145. The van der Waals surface area contributed by atoms with Gasteiger partial charge in [0.2, 0.25) is 0 Å². The van der Waals surface area contributed by atoms with Gasteiger partial charge in [-0.05, 0) is 70.0 Å². The molecule has 186 valence electrons. The average Bonchev–Trinajstić information content (AvgIpc) is 2.81. The van der Waals surface area contributed by atoms with Gasteiger partial charge in [0.1, 0.15) is 22.9 Å². The molecule has 1 saturated carbocycles. The summed E-state index contributed by atoms with van der Waals surface area (Å²) < 4.78 is 42.7. The van der Waals surface area contributed by atoms with Gasteiger partial charge in [0.05, 0.1) is 10.7 Å². The Labute approximate surface area is 210 Å². The molecule has 10 heteroatoms. The van der Waals surface area contributed by atoms with Crippen LogP contribution in [0.15, 0.2) is 59.9 Å². The summed E-state index contributed by atoms with van der Waals surface area (Å²) in [6.07, 6.45) is 5.39. The summed E-state index contributed by atoms with van der Waals surface area (Å²) in [4.78, 5) is 9.19. The topological polar surface area (TPSA) is 87.2 Å². The first-order chi connectivity index (χ1) is 16.6. The lowest BCUT2D eigenvalue weighted by Crippen LogP contribution is -2.47. The van der Waals surface area contributed by atoms with E-state index in [1.165, 1.54) is 29.7 Å². The Bertz CT molecular complexity index is 1290. The number of sulfonamides is 1. The molecule has 0 saturated heterocycles. The van der Waals surface area contributed by atoms with E-state index in [9.17, 15) is 12.8 Å². The number of rotatable bonds is 7. The summed E-state index contributed by atoms with van der Waals surface area (Å²) in [6.45, 7) is 2.10. The van der Waals surface area contributed by atoms with Gasteiger partial charge in [0, 0.05) is 18.3 Å². The minimum Gasteiger partial charge on any atom is -0.379 e. The van der Waals surface area contributed by atoms with Gasteiger partial charge in [0.15, 0.2) is 0 Å². The van der Waals surface area contributed by atoms with Crippen LogP contribution in [-0.4, -0.2) is 49.5 Å². The van der Waals surface area contributed by atoms with Crippen molar-refractivity contribution in [2.45, 2.75) is 49.1 Å². The van der Waals surface area contributed by atoms with Crippen LogP contribution in [0.25, 0.3) is 0 Å². The summed E-state index contributed by atoms with van der Waals surface area (Å²) in [5.74, 6) is -0.418. The second-order valence-corrected chi connectivity index (χ2v) is 11.2. The van der Waals surface area contributed by atoms with Crippen LogP contribution < -0.4 is 10.0 Å². The Hall–Kier alpha value is -2.75. The number of hydrogen-bond donors (Lipinski definition) is 2. The molecule has 4 rings (SSSR count). The van der Waals surface area contributed by atoms with Crippen molar-refractivity contribution in [3.05, 3.63) is 77.0 Å². The Kier molecular flexibility index (Phi) is 7.59. The number of aromatic nitrogens is 2. The summed E-state index contributed by atoms with van der Waals surface area (Å²) in [6, 6.07) is 12.5. The Morgan fingerprint density at radius 1 is 1.14 bits per heavy atom. The molecule has 3 aromatic rings. The maximum atomic E-state index is 15.0. The molecule has 1 heterocycles. The molecule has 0 amide bonds. The van der Waals surface area contributed by atoms with Crippen molar-refractivity contribution in [3.63, 3.8) is 0 Å². The SMILES string of the molecule is Cc1cccc([C@H]2CC[C@H](Nc3cc(F)c(S(=O)(=O)Nc4ccncn4)cc3Cl)[C@@H](N(C)C)C2)c1. The van der Waals surface area contributed by atoms with E-state index >= 15 is 0 Å². The number of benzene rings is 2. The van der Waals surface area contributed by atoms with E-state index in [0.29, 0.717) is 11.6 Å². The van der Waals surface area contributed by atoms with Gasteiger partial charge in [-0.25, -0.2) is 22.8 Å². The van der Waals surface area contributed by atoms with E-state index in [-0.39, 0.29) is 22.9 Å². The first-order valence-corrected chi connectivity index (χ1v) is 13.3. The first-order valence-electron chi connectivity index (χ1n) is 11.4. The maximum absolute atomic E-state index is 15.0. The number of anilines is 2. The number of nitrogens with zero attached hydrogens (tertiary/aromatic N) is 3. The summed E-state index contributed by atoms with van der Waals surface area (Å²) in [5.41, 5.74) is 2.96. The number of aryl methyl sites for hydroxylation is 1. The molecule has 0 spiro atoms. The smallest absolute Gasteiger partial charge is 0.266 e. The van der Waals surface area contributed by atoms with E-state index in [2.05, 4.69) is 56.1 Å². The van der Waals surface area contributed by atoms with Gasteiger partial charge < -0.3 is 10.2 Å². The number of nitrogens with one attached hydrogen (secondary N) is 2. The van der Waals surface area contributed by atoms with Crippen molar-refractivity contribution in [1.82, 2.24) is 14.9 Å².